The van der Waals surface area contributed by atoms with Crippen LogP contribution in [0.3, 0.4) is 0 Å². The lowest BCUT2D eigenvalue weighted by atomic mass is 10.4. The molecule has 0 rings (SSSR count). The third kappa shape index (κ3) is 7.92. The lowest BCUT2D eigenvalue weighted by Crippen LogP contribution is -2.27. The first-order valence-corrected chi connectivity index (χ1v) is 3.87. The first-order valence-electron chi connectivity index (χ1n) is 3.87. The average Bonchev–Trinajstić information content (AvgIpc) is 1.93. The minimum absolute atomic E-state index is 0.579. The average molecular weight is 147 g/mol. The Bertz CT molecular complexity index is 55.2. The van der Waals surface area contributed by atoms with Crippen LogP contribution in [0.1, 0.15) is 27.7 Å². The molecule has 0 saturated heterocycles. The molecule has 0 aromatic rings. The van der Waals surface area contributed by atoms with Crippen molar-refractivity contribution in [2.24, 2.45) is 0 Å². The van der Waals surface area contributed by atoms with E-state index in [9.17, 15) is 0 Å². The molecule has 0 aliphatic carbocycles. The van der Waals surface area contributed by atoms with E-state index in [1.54, 1.807) is 7.11 Å². The first-order chi connectivity index (χ1) is 4.68. The Kier molecular flexibility index (Phi) is 11.2. The largest absolute Gasteiger partial charge is 0.369 e. The number of hydrogen-bond acceptors (Lipinski definition) is 2. The Morgan fingerprint density at radius 2 is 1.70 bits per heavy atom. The van der Waals surface area contributed by atoms with Crippen LogP contribution in [0.25, 0.3) is 0 Å². The van der Waals surface area contributed by atoms with Crippen LogP contribution in [0, 0.1) is 0 Å². The van der Waals surface area contributed by atoms with E-state index in [0.29, 0.717) is 6.04 Å². The predicted octanol–water partition coefficient (Wildman–Crippen LogP) is 1.96. The number of ether oxygens (including phenoxy) is 1. The van der Waals surface area contributed by atoms with E-state index in [-0.39, 0.29) is 0 Å². The summed E-state index contributed by atoms with van der Waals surface area (Å²) < 4.78 is 4.89. The normalized spacial score (nSPS) is 9.60. The lowest BCUT2D eigenvalue weighted by molar-refractivity contribution is 0.0627. The summed E-state index contributed by atoms with van der Waals surface area (Å²) in [7, 11) is 3.74. The van der Waals surface area contributed by atoms with Gasteiger partial charge in [0.05, 0.1) is 6.73 Å². The molecule has 0 amide bonds. The summed E-state index contributed by atoms with van der Waals surface area (Å²) in [5.41, 5.74) is 0. The summed E-state index contributed by atoms with van der Waals surface area (Å²) >= 11 is 0. The fraction of sp³-hybridized carbons (Fsp3) is 1.00. The molecule has 2 nitrogen and oxygen atoms in total. The third-order valence-electron chi connectivity index (χ3n) is 1.21. The summed E-state index contributed by atoms with van der Waals surface area (Å²) in [6.45, 7) is 9.00. The Hall–Kier alpha value is -0.0800. The maximum Gasteiger partial charge on any atom is 0.0986 e. The van der Waals surface area contributed by atoms with E-state index >= 15 is 0 Å². The molecule has 10 heavy (non-hydrogen) atoms. The van der Waals surface area contributed by atoms with Crippen molar-refractivity contribution in [3.8, 4) is 0 Å². The Morgan fingerprint density at radius 1 is 1.30 bits per heavy atom. The zero-order valence-corrected chi connectivity index (χ0v) is 8.14. The second kappa shape index (κ2) is 8.92. The Balaban J connectivity index is 0. The van der Waals surface area contributed by atoms with Gasteiger partial charge in [-0.3, -0.25) is 4.90 Å². The standard InChI is InChI=1S/C6H15NO.C2H6/c1-6(2)7(3)5-8-4;1-2/h6H,5H2,1-4H3;1-2H3. The van der Waals surface area contributed by atoms with E-state index in [1.165, 1.54) is 0 Å². The topological polar surface area (TPSA) is 12.5 Å². The molecular weight excluding hydrogens is 126 g/mol. The third-order valence-corrected chi connectivity index (χ3v) is 1.21. The van der Waals surface area contributed by atoms with Crippen molar-refractivity contribution in [2.45, 2.75) is 33.7 Å². The molecule has 0 aliphatic heterocycles. The molecule has 0 aromatic heterocycles. The quantitative estimate of drug-likeness (QED) is 0.566. The molecule has 0 fully saturated rings. The second-order valence-corrected chi connectivity index (χ2v) is 2.27. The SMILES string of the molecule is CC.COCN(C)C(C)C. The number of nitrogens with zero attached hydrogens (tertiary/aromatic N) is 1. The fourth-order valence-corrected chi connectivity index (χ4v) is 0.353. The van der Waals surface area contributed by atoms with Crippen LogP contribution in [0.4, 0.5) is 0 Å². The molecule has 0 N–H and O–H groups in total. The molecular formula is C8H21NO. The molecule has 64 valence electrons. The van der Waals surface area contributed by atoms with Crippen molar-refractivity contribution in [1.29, 1.82) is 0 Å². The molecule has 0 heterocycles. The van der Waals surface area contributed by atoms with Gasteiger partial charge in [-0.1, -0.05) is 13.8 Å². The van der Waals surface area contributed by atoms with Gasteiger partial charge in [0.25, 0.3) is 0 Å². The molecule has 0 aromatic carbocycles. The molecule has 0 spiro atoms. The van der Waals surface area contributed by atoms with E-state index in [2.05, 4.69) is 18.7 Å². The molecule has 0 saturated carbocycles. The minimum atomic E-state index is 0.579. The summed E-state index contributed by atoms with van der Waals surface area (Å²) in [5, 5.41) is 0. The van der Waals surface area contributed by atoms with Crippen molar-refractivity contribution in [3.05, 3.63) is 0 Å². The number of methoxy groups -OCH3 is 1. The van der Waals surface area contributed by atoms with Crippen molar-refractivity contribution in [2.75, 3.05) is 20.9 Å². The molecule has 0 unspecified atom stereocenters. The minimum Gasteiger partial charge on any atom is -0.369 e. The van der Waals surface area contributed by atoms with Crippen LogP contribution in [-0.2, 0) is 4.74 Å². The Labute approximate surface area is 65.2 Å². The van der Waals surface area contributed by atoms with E-state index < -0.39 is 0 Å². The van der Waals surface area contributed by atoms with Gasteiger partial charge in [0.1, 0.15) is 0 Å². The maximum absolute atomic E-state index is 4.89. The van der Waals surface area contributed by atoms with Crippen LogP contribution in [0.2, 0.25) is 0 Å². The number of rotatable bonds is 3. The highest BCUT2D eigenvalue weighted by atomic mass is 16.5. The molecule has 0 radical (unpaired) electrons. The van der Waals surface area contributed by atoms with Crippen molar-refractivity contribution in [3.63, 3.8) is 0 Å². The Morgan fingerprint density at radius 3 is 1.80 bits per heavy atom. The van der Waals surface area contributed by atoms with Crippen LogP contribution in [0.5, 0.6) is 0 Å². The van der Waals surface area contributed by atoms with Crippen LogP contribution in [0.15, 0.2) is 0 Å². The van der Waals surface area contributed by atoms with Gasteiger partial charge in [0, 0.05) is 13.2 Å². The highest BCUT2D eigenvalue weighted by molar-refractivity contribution is 4.49. The van der Waals surface area contributed by atoms with E-state index in [1.807, 2.05) is 20.9 Å². The van der Waals surface area contributed by atoms with Crippen LogP contribution >= 0.6 is 0 Å². The van der Waals surface area contributed by atoms with Gasteiger partial charge in [-0.15, -0.1) is 0 Å². The van der Waals surface area contributed by atoms with Crippen LogP contribution < -0.4 is 0 Å². The molecule has 0 aliphatic rings. The van der Waals surface area contributed by atoms with Crippen molar-refractivity contribution >= 4 is 0 Å². The zero-order chi connectivity index (χ0) is 8.57. The summed E-state index contributed by atoms with van der Waals surface area (Å²) in [5.74, 6) is 0. The molecule has 0 atom stereocenters. The zero-order valence-electron chi connectivity index (χ0n) is 8.14. The monoisotopic (exact) mass is 147 g/mol. The smallest absolute Gasteiger partial charge is 0.0986 e. The highest BCUT2D eigenvalue weighted by Gasteiger charge is 1.98. The molecule has 2 heteroatoms. The number of hydrogen-bond donors (Lipinski definition) is 0. The van der Waals surface area contributed by atoms with Crippen molar-refractivity contribution < 1.29 is 4.74 Å². The lowest BCUT2D eigenvalue weighted by Gasteiger charge is -2.18. The fourth-order valence-electron chi connectivity index (χ4n) is 0.353. The van der Waals surface area contributed by atoms with E-state index in [0.717, 1.165) is 6.73 Å². The van der Waals surface area contributed by atoms with Gasteiger partial charge < -0.3 is 4.74 Å². The summed E-state index contributed by atoms with van der Waals surface area (Å²) in [6, 6.07) is 0.579. The summed E-state index contributed by atoms with van der Waals surface area (Å²) in [4.78, 5) is 2.12. The van der Waals surface area contributed by atoms with Gasteiger partial charge in [0.15, 0.2) is 0 Å². The van der Waals surface area contributed by atoms with Gasteiger partial charge in [-0.05, 0) is 20.9 Å². The van der Waals surface area contributed by atoms with Crippen LogP contribution in [-0.4, -0.2) is 31.8 Å². The second-order valence-electron chi connectivity index (χ2n) is 2.27. The summed E-state index contributed by atoms with van der Waals surface area (Å²) in [6.07, 6.45) is 0. The van der Waals surface area contributed by atoms with Crippen molar-refractivity contribution in [1.82, 2.24) is 4.90 Å². The maximum atomic E-state index is 4.89. The van der Waals surface area contributed by atoms with Gasteiger partial charge in [-0.25, -0.2) is 0 Å². The van der Waals surface area contributed by atoms with E-state index in [4.69, 9.17) is 4.74 Å². The highest BCUT2D eigenvalue weighted by Crippen LogP contribution is 1.90. The van der Waals surface area contributed by atoms with Gasteiger partial charge >= 0.3 is 0 Å². The first kappa shape index (κ1) is 12.6. The van der Waals surface area contributed by atoms with Gasteiger partial charge in [0.2, 0.25) is 0 Å². The van der Waals surface area contributed by atoms with Gasteiger partial charge in [-0.2, -0.15) is 0 Å². The predicted molar refractivity (Wildman–Crippen MR) is 46.1 cm³/mol. The molecule has 0 bridgehead atoms.